The van der Waals surface area contributed by atoms with Crippen LogP contribution < -0.4 is 4.74 Å². The zero-order chi connectivity index (χ0) is 17.3. The van der Waals surface area contributed by atoms with Gasteiger partial charge in [0.25, 0.3) is 0 Å². The molecule has 132 valence electrons. The lowest BCUT2D eigenvalue weighted by Gasteiger charge is -2.33. The summed E-state index contributed by atoms with van der Waals surface area (Å²) in [6, 6.07) is 14.2. The standard InChI is InChI=1S/C21H26N2O2/c24-21(11-5-4-9-18-7-2-1-3-8-18)23-16-6-10-20(17-23)25-19-12-14-22-15-13-19/h1-3,7-8,12-15,20H,4-6,9-11,16-17H2. The van der Waals surface area contributed by atoms with Crippen LogP contribution in [0.5, 0.6) is 5.75 Å². The van der Waals surface area contributed by atoms with Gasteiger partial charge >= 0.3 is 0 Å². The van der Waals surface area contributed by atoms with Crippen molar-refractivity contribution in [2.24, 2.45) is 0 Å². The SMILES string of the molecule is O=C(CCCCc1ccccc1)N1CCCC(Oc2ccncc2)C1. The van der Waals surface area contributed by atoms with E-state index in [2.05, 4.69) is 29.2 Å². The maximum absolute atomic E-state index is 12.5. The number of rotatable bonds is 7. The van der Waals surface area contributed by atoms with Crippen LogP contribution >= 0.6 is 0 Å². The number of likely N-dealkylation sites (tertiary alicyclic amines) is 1. The number of aryl methyl sites for hydroxylation is 1. The van der Waals surface area contributed by atoms with E-state index >= 15 is 0 Å². The van der Waals surface area contributed by atoms with Crippen molar-refractivity contribution >= 4 is 5.91 Å². The number of amides is 1. The van der Waals surface area contributed by atoms with Crippen LogP contribution in [0.4, 0.5) is 0 Å². The normalized spacial score (nSPS) is 17.3. The van der Waals surface area contributed by atoms with E-state index in [-0.39, 0.29) is 12.0 Å². The van der Waals surface area contributed by atoms with Gasteiger partial charge in [-0.2, -0.15) is 0 Å². The summed E-state index contributed by atoms with van der Waals surface area (Å²) in [6.07, 6.45) is 9.23. The number of ether oxygens (including phenoxy) is 1. The minimum atomic E-state index is 0.0874. The van der Waals surface area contributed by atoms with Crippen molar-refractivity contribution in [3.8, 4) is 5.75 Å². The molecule has 4 heteroatoms. The number of carbonyl (C=O) groups excluding carboxylic acids is 1. The molecule has 1 aromatic carbocycles. The summed E-state index contributed by atoms with van der Waals surface area (Å²) in [5.41, 5.74) is 1.35. The van der Waals surface area contributed by atoms with Gasteiger partial charge < -0.3 is 9.64 Å². The van der Waals surface area contributed by atoms with Crippen LogP contribution in [-0.4, -0.2) is 35.0 Å². The number of pyridine rings is 1. The molecule has 2 aromatic rings. The zero-order valence-corrected chi connectivity index (χ0v) is 14.6. The lowest BCUT2D eigenvalue weighted by atomic mass is 10.0. The third-order valence-electron chi connectivity index (χ3n) is 4.63. The van der Waals surface area contributed by atoms with Crippen molar-refractivity contribution < 1.29 is 9.53 Å². The molecule has 3 rings (SSSR count). The topological polar surface area (TPSA) is 42.4 Å². The Bertz CT molecular complexity index is 645. The van der Waals surface area contributed by atoms with Gasteiger partial charge in [0.15, 0.2) is 0 Å². The Labute approximate surface area is 149 Å². The van der Waals surface area contributed by atoms with Crippen molar-refractivity contribution in [3.05, 3.63) is 60.4 Å². The van der Waals surface area contributed by atoms with Gasteiger partial charge in [-0.1, -0.05) is 30.3 Å². The molecule has 0 N–H and O–H groups in total. The van der Waals surface area contributed by atoms with E-state index in [9.17, 15) is 4.79 Å². The van der Waals surface area contributed by atoms with Gasteiger partial charge in [-0.05, 0) is 49.8 Å². The monoisotopic (exact) mass is 338 g/mol. The lowest BCUT2D eigenvalue weighted by molar-refractivity contribution is -0.133. The summed E-state index contributed by atoms with van der Waals surface area (Å²) in [4.78, 5) is 18.4. The Hall–Kier alpha value is -2.36. The minimum absolute atomic E-state index is 0.0874. The minimum Gasteiger partial charge on any atom is -0.488 e. The van der Waals surface area contributed by atoms with Gasteiger partial charge in [-0.15, -0.1) is 0 Å². The number of hydrogen-bond acceptors (Lipinski definition) is 3. The molecule has 1 fully saturated rings. The molecular weight excluding hydrogens is 312 g/mol. The van der Waals surface area contributed by atoms with Gasteiger partial charge in [0, 0.05) is 25.4 Å². The molecule has 0 aliphatic carbocycles. The molecule has 0 spiro atoms. The maximum Gasteiger partial charge on any atom is 0.222 e. The van der Waals surface area contributed by atoms with Crippen LogP contribution in [0, 0.1) is 0 Å². The molecule has 0 radical (unpaired) electrons. The largest absolute Gasteiger partial charge is 0.488 e. The molecule has 1 aliphatic rings. The zero-order valence-electron chi connectivity index (χ0n) is 14.6. The van der Waals surface area contributed by atoms with E-state index in [1.807, 2.05) is 23.1 Å². The summed E-state index contributed by atoms with van der Waals surface area (Å²) >= 11 is 0. The third kappa shape index (κ3) is 5.59. The molecule has 1 aliphatic heterocycles. The summed E-state index contributed by atoms with van der Waals surface area (Å²) in [6.45, 7) is 1.55. The van der Waals surface area contributed by atoms with Gasteiger partial charge in [0.05, 0.1) is 6.54 Å². The fraction of sp³-hybridized carbons (Fsp3) is 0.429. The highest BCUT2D eigenvalue weighted by Crippen LogP contribution is 2.19. The van der Waals surface area contributed by atoms with E-state index in [1.54, 1.807) is 12.4 Å². The first-order valence-electron chi connectivity index (χ1n) is 9.19. The maximum atomic E-state index is 12.5. The molecule has 0 bridgehead atoms. The number of benzene rings is 1. The van der Waals surface area contributed by atoms with Crippen LogP contribution in [0.3, 0.4) is 0 Å². The summed E-state index contributed by atoms with van der Waals surface area (Å²) < 4.78 is 5.99. The Morgan fingerprint density at radius 2 is 1.92 bits per heavy atom. The molecule has 1 aromatic heterocycles. The average Bonchev–Trinajstić information content (AvgIpc) is 2.67. The highest BCUT2D eigenvalue weighted by molar-refractivity contribution is 5.76. The number of hydrogen-bond donors (Lipinski definition) is 0. The van der Waals surface area contributed by atoms with Crippen LogP contribution in [0.15, 0.2) is 54.9 Å². The highest BCUT2D eigenvalue weighted by atomic mass is 16.5. The fourth-order valence-corrected chi connectivity index (χ4v) is 3.28. The fourth-order valence-electron chi connectivity index (χ4n) is 3.28. The highest BCUT2D eigenvalue weighted by Gasteiger charge is 2.24. The quantitative estimate of drug-likeness (QED) is 0.720. The van der Waals surface area contributed by atoms with Crippen molar-refractivity contribution in [3.63, 3.8) is 0 Å². The van der Waals surface area contributed by atoms with Crippen molar-refractivity contribution in [2.45, 2.75) is 44.6 Å². The van der Waals surface area contributed by atoms with E-state index in [4.69, 9.17) is 4.74 Å². The molecule has 1 atom stereocenters. The van der Waals surface area contributed by atoms with Gasteiger partial charge in [-0.3, -0.25) is 9.78 Å². The lowest BCUT2D eigenvalue weighted by Crippen LogP contribution is -2.44. The van der Waals surface area contributed by atoms with Gasteiger partial charge in [-0.25, -0.2) is 0 Å². The number of unbranched alkanes of at least 4 members (excludes halogenated alkanes) is 1. The first-order valence-corrected chi connectivity index (χ1v) is 9.19. The molecule has 1 saturated heterocycles. The van der Waals surface area contributed by atoms with E-state index in [1.165, 1.54) is 5.56 Å². The summed E-state index contributed by atoms with van der Waals surface area (Å²) in [7, 11) is 0. The van der Waals surface area contributed by atoms with E-state index in [0.29, 0.717) is 13.0 Å². The second-order valence-corrected chi connectivity index (χ2v) is 6.60. The van der Waals surface area contributed by atoms with E-state index in [0.717, 1.165) is 44.4 Å². The van der Waals surface area contributed by atoms with Crippen LogP contribution in [-0.2, 0) is 11.2 Å². The van der Waals surface area contributed by atoms with Crippen molar-refractivity contribution in [1.29, 1.82) is 0 Å². The number of carbonyl (C=O) groups is 1. The summed E-state index contributed by atoms with van der Waals surface area (Å²) in [5.74, 6) is 1.09. The van der Waals surface area contributed by atoms with Crippen molar-refractivity contribution in [2.75, 3.05) is 13.1 Å². The predicted molar refractivity (Wildman–Crippen MR) is 98.5 cm³/mol. The van der Waals surface area contributed by atoms with E-state index < -0.39 is 0 Å². The number of nitrogens with zero attached hydrogens (tertiary/aromatic N) is 2. The predicted octanol–water partition coefficient (Wildman–Crippen LogP) is 3.86. The molecule has 1 amide bonds. The smallest absolute Gasteiger partial charge is 0.222 e. The number of aromatic nitrogens is 1. The molecule has 2 heterocycles. The molecule has 4 nitrogen and oxygen atoms in total. The Kier molecular flexibility index (Phi) is 6.43. The van der Waals surface area contributed by atoms with Crippen LogP contribution in [0.1, 0.15) is 37.7 Å². The summed E-state index contributed by atoms with van der Waals surface area (Å²) in [5, 5.41) is 0. The van der Waals surface area contributed by atoms with Gasteiger partial charge in [0.2, 0.25) is 5.91 Å². The second kappa shape index (κ2) is 9.21. The Morgan fingerprint density at radius 3 is 2.72 bits per heavy atom. The number of piperidine rings is 1. The molecule has 0 saturated carbocycles. The first kappa shape index (κ1) is 17.5. The third-order valence-corrected chi connectivity index (χ3v) is 4.63. The first-order chi connectivity index (χ1) is 12.3. The average molecular weight is 338 g/mol. The molecular formula is C21H26N2O2. The molecule has 1 unspecified atom stereocenters. The molecule has 25 heavy (non-hydrogen) atoms. The van der Waals surface area contributed by atoms with Crippen LogP contribution in [0.2, 0.25) is 0 Å². The second-order valence-electron chi connectivity index (χ2n) is 6.60. The Balaban J connectivity index is 1.39. The van der Waals surface area contributed by atoms with Gasteiger partial charge in [0.1, 0.15) is 11.9 Å². The van der Waals surface area contributed by atoms with Crippen LogP contribution in [0.25, 0.3) is 0 Å². The van der Waals surface area contributed by atoms with Crippen molar-refractivity contribution in [1.82, 2.24) is 9.88 Å². The Morgan fingerprint density at radius 1 is 1.12 bits per heavy atom.